The zero-order valence-electron chi connectivity index (χ0n) is 14.8. The Morgan fingerprint density at radius 1 is 1.29 bits per heavy atom. The maximum atomic E-state index is 12.4. The lowest BCUT2D eigenvalue weighted by Gasteiger charge is -2.17. The summed E-state index contributed by atoms with van der Waals surface area (Å²) < 4.78 is 31.9. The number of hydrogen-bond donors (Lipinski definition) is 0. The molecule has 0 N–H and O–H groups in total. The highest BCUT2D eigenvalue weighted by atomic mass is 32.2. The maximum Gasteiger partial charge on any atom is 0.242 e. The van der Waals surface area contributed by atoms with Gasteiger partial charge in [0.15, 0.2) is 5.90 Å². The van der Waals surface area contributed by atoms with Gasteiger partial charge in [-0.15, -0.1) is 0 Å². The Morgan fingerprint density at radius 3 is 2.62 bits per heavy atom. The Balaban J connectivity index is 1.76. The molecule has 0 amide bonds. The number of unbranched alkanes of at least 4 members (excludes halogenated alkanes) is 1. The first kappa shape index (κ1) is 18.9. The Kier molecular flexibility index (Phi) is 6.80. The minimum absolute atomic E-state index is 0.303. The Morgan fingerprint density at radius 2 is 2.00 bits per heavy atom. The van der Waals surface area contributed by atoms with E-state index >= 15 is 0 Å². The zero-order valence-corrected chi connectivity index (χ0v) is 15.6. The number of benzene rings is 1. The summed E-state index contributed by atoms with van der Waals surface area (Å²) in [5.74, 6) is 1.17. The topological polar surface area (TPSA) is 59.0 Å². The number of nitrogens with zero attached hydrogens (tertiary/aromatic N) is 2. The number of aliphatic imine (C=N–C) groups is 1. The third-order valence-electron chi connectivity index (χ3n) is 4.44. The summed E-state index contributed by atoms with van der Waals surface area (Å²) in [5.41, 5.74) is 0. The average molecular weight is 352 g/mol. The van der Waals surface area contributed by atoms with E-state index in [0.29, 0.717) is 30.0 Å². The van der Waals surface area contributed by atoms with Gasteiger partial charge in [-0.1, -0.05) is 38.5 Å². The molecule has 0 radical (unpaired) electrons. The zero-order chi connectivity index (χ0) is 17.6. The van der Waals surface area contributed by atoms with Gasteiger partial charge in [-0.25, -0.2) is 17.7 Å². The minimum atomic E-state index is -3.38. The highest BCUT2D eigenvalue weighted by molar-refractivity contribution is 7.89. The quantitative estimate of drug-likeness (QED) is 0.641. The van der Waals surface area contributed by atoms with E-state index in [1.54, 1.807) is 31.3 Å². The van der Waals surface area contributed by atoms with Crippen LogP contribution in [0.15, 0.2) is 40.2 Å². The smallest absolute Gasteiger partial charge is 0.242 e. The fourth-order valence-corrected chi connectivity index (χ4v) is 3.95. The van der Waals surface area contributed by atoms with Crippen LogP contribution >= 0.6 is 0 Å². The molecule has 0 fully saturated rings. The van der Waals surface area contributed by atoms with Crippen molar-refractivity contribution in [2.24, 2.45) is 10.9 Å². The predicted molar refractivity (Wildman–Crippen MR) is 96.7 cm³/mol. The molecule has 5 nitrogen and oxygen atoms in total. The molecule has 0 aromatic heterocycles. The number of sulfonamides is 1. The molecule has 0 aliphatic carbocycles. The lowest BCUT2D eigenvalue weighted by atomic mass is 10.0. The van der Waals surface area contributed by atoms with Crippen LogP contribution in [0.25, 0.3) is 0 Å². The third kappa shape index (κ3) is 4.80. The second kappa shape index (κ2) is 8.62. The molecule has 24 heavy (non-hydrogen) atoms. The number of hydrogen-bond acceptors (Lipinski definition) is 4. The standard InChI is InChI=1S/C18H28N2O3S/c1-4-16-14-23-18(19-16)15(2)10-8-9-13-20(3)24(21,22)17-11-6-5-7-12-17/h5-7,11-12,15-16H,4,8-10,13-14H2,1-3H3/t15-,16+/m0/s1. The summed E-state index contributed by atoms with van der Waals surface area (Å²) in [6.45, 7) is 5.47. The van der Waals surface area contributed by atoms with Crippen molar-refractivity contribution in [1.29, 1.82) is 0 Å². The van der Waals surface area contributed by atoms with Crippen molar-refractivity contribution in [2.75, 3.05) is 20.2 Å². The van der Waals surface area contributed by atoms with Crippen molar-refractivity contribution in [3.8, 4) is 0 Å². The van der Waals surface area contributed by atoms with Crippen LogP contribution in [0.1, 0.15) is 39.5 Å². The first-order valence-corrected chi connectivity index (χ1v) is 10.1. The molecule has 0 unspecified atom stereocenters. The first-order valence-electron chi connectivity index (χ1n) is 8.67. The van der Waals surface area contributed by atoms with E-state index in [1.165, 1.54) is 4.31 Å². The molecule has 1 aromatic rings. The van der Waals surface area contributed by atoms with Gasteiger partial charge in [0.05, 0.1) is 10.9 Å². The fraction of sp³-hybridized carbons (Fsp3) is 0.611. The van der Waals surface area contributed by atoms with Crippen molar-refractivity contribution in [3.05, 3.63) is 30.3 Å². The van der Waals surface area contributed by atoms with E-state index in [9.17, 15) is 8.42 Å². The molecule has 6 heteroatoms. The summed E-state index contributed by atoms with van der Waals surface area (Å²) in [4.78, 5) is 4.93. The highest BCUT2D eigenvalue weighted by Crippen LogP contribution is 2.19. The largest absolute Gasteiger partial charge is 0.478 e. The van der Waals surface area contributed by atoms with Crippen LogP contribution in [-0.4, -0.2) is 44.9 Å². The Bertz CT molecular complexity index is 643. The molecular formula is C18H28N2O3S. The van der Waals surface area contributed by atoms with Gasteiger partial charge in [0.2, 0.25) is 10.0 Å². The van der Waals surface area contributed by atoms with Gasteiger partial charge >= 0.3 is 0 Å². The molecule has 0 saturated heterocycles. The monoisotopic (exact) mass is 352 g/mol. The van der Waals surface area contributed by atoms with Crippen molar-refractivity contribution in [3.63, 3.8) is 0 Å². The average Bonchev–Trinajstić information content (AvgIpc) is 3.08. The summed E-state index contributed by atoms with van der Waals surface area (Å²) in [6.07, 6.45) is 3.76. The van der Waals surface area contributed by atoms with Gasteiger partial charge in [0.25, 0.3) is 0 Å². The SMILES string of the molecule is CC[C@@H]1COC([C@@H](C)CCCCN(C)S(=O)(=O)c2ccccc2)=N1. The molecule has 0 saturated carbocycles. The molecule has 0 spiro atoms. The molecule has 1 heterocycles. The molecule has 2 atom stereocenters. The predicted octanol–water partition coefficient (Wildman–Crippen LogP) is 3.32. The van der Waals surface area contributed by atoms with Crippen LogP contribution in [0.2, 0.25) is 0 Å². The second-order valence-corrected chi connectivity index (χ2v) is 8.42. The molecule has 134 valence electrons. The van der Waals surface area contributed by atoms with Crippen LogP contribution in [0.4, 0.5) is 0 Å². The van der Waals surface area contributed by atoms with E-state index in [2.05, 4.69) is 18.8 Å². The van der Waals surface area contributed by atoms with Gasteiger partial charge in [0, 0.05) is 19.5 Å². The minimum Gasteiger partial charge on any atom is -0.478 e. The van der Waals surface area contributed by atoms with E-state index < -0.39 is 10.0 Å². The van der Waals surface area contributed by atoms with Crippen molar-refractivity contribution < 1.29 is 13.2 Å². The van der Waals surface area contributed by atoms with Gasteiger partial charge in [-0.05, 0) is 31.4 Å². The Hall–Kier alpha value is -1.40. The summed E-state index contributed by atoms with van der Waals surface area (Å²) in [5, 5.41) is 0. The maximum absolute atomic E-state index is 12.4. The van der Waals surface area contributed by atoms with Gasteiger partial charge in [0.1, 0.15) is 6.61 Å². The van der Waals surface area contributed by atoms with Crippen molar-refractivity contribution in [2.45, 2.75) is 50.5 Å². The van der Waals surface area contributed by atoms with Crippen molar-refractivity contribution >= 4 is 15.9 Å². The number of rotatable bonds is 9. The number of ether oxygens (including phenoxy) is 1. The Labute approximate surface area is 145 Å². The van der Waals surface area contributed by atoms with E-state index in [4.69, 9.17) is 4.74 Å². The molecular weight excluding hydrogens is 324 g/mol. The fourth-order valence-electron chi connectivity index (χ4n) is 2.72. The molecule has 1 aromatic carbocycles. The van der Waals surface area contributed by atoms with Crippen LogP contribution in [0, 0.1) is 5.92 Å². The van der Waals surface area contributed by atoms with E-state index in [-0.39, 0.29) is 0 Å². The first-order chi connectivity index (χ1) is 11.4. The lowest BCUT2D eigenvalue weighted by molar-refractivity contribution is 0.294. The van der Waals surface area contributed by atoms with E-state index in [1.807, 2.05) is 6.07 Å². The van der Waals surface area contributed by atoms with Crippen LogP contribution in [-0.2, 0) is 14.8 Å². The van der Waals surface area contributed by atoms with E-state index in [0.717, 1.165) is 31.6 Å². The molecule has 0 bridgehead atoms. The van der Waals surface area contributed by atoms with Gasteiger partial charge in [-0.3, -0.25) is 0 Å². The highest BCUT2D eigenvalue weighted by Gasteiger charge is 2.22. The van der Waals surface area contributed by atoms with Crippen molar-refractivity contribution in [1.82, 2.24) is 4.31 Å². The van der Waals surface area contributed by atoms with Gasteiger partial charge in [-0.2, -0.15) is 0 Å². The summed E-state index contributed by atoms with van der Waals surface area (Å²) in [7, 11) is -1.74. The second-order valence-electron chi connectivity index (χ2n) is 6.38. The third-order valence-corrected chi connectivity index (χ3v) is 6.31. The normalized spacial score (nSPS) is 19.2. The molecule has 1 aliphatic heterocycles. The van der Waals surface area contributed by atoms with Crippen LogP contribution in [0.5, 0.6) is 0 Å². The molecule has 1 aliphatic rings. The molecule has 2 rings (SSSR count). The summed E-state index contributed by atoms with van der Waals surface area (Å²) >= 11 is 0. The van der Waals surface area contributed by atoms with Crippen LogP contribution in [0.3, 0.4) is 0 Å². The lowest BCUT2D eigenvalue weighted by Crippen LogP contribution is -2.28. The van der Waals surface area contributed by atoms with Gasteiger partial charge < -0.3 is 4.74 Å². The van der Waals surface area contributed by atoms with Crippen LogP contribution < -0.4 is 0 Å². The summed E-state index contributed by atoms with van der Waals surface area (Å²) in [6, 6.07) is 8.88.